The molecule has 0 bridgehead atoms. The van der Waals surface area contributed by atoms with Crippen LogP contribution in [0.3, 0.4) is 0 Å². The molecule has 146 valence electrons. The highest BCUT2D eigenvalue weighted by atomic mass is 32.1. The van der Waals surface area contributed by atoms with E-state index >= 15 is 0 Å². The number of rotatable bonds is 6. The van der Waals surface area contributed by atoms with Crippen molar-refractivity contribution in [3.8, 4) is 10.6 Å². The largest absolute Gasteiger partial charge is 0.304 e. The summed E-state index contributed by atoms with van der Waals surface area (Å²) in [5, 5.41) is 8.18. The van der Waals surface area contributed by atoms with E-state index in [2.05, 4.69) is 56.4 Å². The van der Waals surface area contributed by atoms with E-state index in [0.717, 1.165) is 49.0 Å². The molecule has 1 fully saturated rings. The SMILES string of the molecule is CN1CCN(Cc2cccc(-c3nc(CC(=O)Nc4nccs4)cs3)c2)CC1. The molecule has 3 heterocycles. The van der Waals surface area contributed by atoms with Gasteiger partial charge < -0.3 is 10.2 Å². The van der Waals surface area contributed by atoms with E-state index in [0.29, 0.717) is 5.13 Å². The van der Waals surface area contributed by atoms with Crippen LogP contribution < -0.4 is 5.32 Å². The van der Waals surface area contributed by atoms with Gasteiger partial charge in [0.15, 0.2) is 5.13 Å². The highest BCUT2D eigenvalue weighted by molar-refractivity contribution is 7.13. The molecular weight excluding hydrogens is 390 g/mol. The Morgan fingerprint density at radius 1 is 1.21 bits per heavy atom. The molecule has 8 heteroatoms. The summed E-state index contributed by atoms with van der Waals surface area (Å²) in [6, 6.07) is 8.58. The lowest BCUT2D eigenvalue weighted by Gasteiger charge is -2.32. The third kappa shape index (κ3) is 5.02. The van der Waals surface area contributed by atoms with E-state index < -0.39 is 0 Å². The number of carbonyl (C=O) groups is 1. The number of amides is 1. The summed E-state index contributed by atoms with van der Waals surface area (Å²) in [6.45, 7) is 5.43. The third-order valence-corrected chi connectivity index (χ3v) is 6.38. The Kier molecular flexibility index (Phi) is 6.11. The van der Waals surface area contributed by atoms with Gasteiger partial charge in [-0.2, -0.15) is 0 Å². The lowest BCUT2D eigenvalue weighted by atomic mass is 10.1. The molecule has 1 aromatic carbocycles. The molecule has 0 radical (unpaired) electrons. The molecule has 0 atom stereocenters. The van der Waals surface area contributed by atoms with Crippen molar-refractivity contribution in [1.82, 2.24) is 19.8 Å². The van der Waals surface area contributed by atoms with E-state index in [9.17, 15) is 4.79 Å². The Balaban J connectivity index is 1.38. The minimum Gasteiger partial charge on any atom is -0.304 e. The van der Waals surface area contributed by atoms with Crippen LogP contribution in [0.15, 0.2) is 41.2 Å². The van der Waals surface area contributed by atoms with Gasteiger partial charge >= 0.3 is 0 Å². The van der Waals surface area contributed by atoms with Crippen LogP contribution >= 0.6 is 22.7 Å². The van der Waals surface area contributed by atoms with Crippen molar-refractivity contribution in [3.63, 3.8) is 0 Å². The molecule has 28 heavy (non-hydrogen) atoms. The van der Waals surface area contributed by atoms with Gasteiger partial charge in [-0.1, -0.05) is 18.2 Å². The number of aromatic nitrogens is 2. The van der Waals surface area contributed by atoms with Gasteiger partial charge in [0.25, 0.3) is 0 Å². The van der Waals surface area contributed by atoms with Gasteiger partial charge in [-0.3, -0.25) is 9.69 Å². The van der Waals surface area contributed by atoms with Crippen molar-refractivity contribution < 1.29 is 4.79 Å². The van der Waals surface area contributed by atoms with Crippen molar-refractivity contribution in [2.45, 2.75) is 13.0 Å². The molecule has 2 aromatic heterocycles. The topological polar surface area (TPSA) is 61.4 Å². The number of hydrogen-bond acceptors (Lipinski definition) is 7. The Hall–Kier alpha value is -2.13. The molecule has 1 aliphatic heterocycles. The van der Waals surface area contributed by atoms with Crippen molar-refractivity contribution in [2.24, 2.45) is 0 Å². The van der Waals surface area contributed by atoms with Crippen LogP contribution in [0.4, 0.5) is 5.13 Å². The normalized spacial score (nSPS) is 15.6. The van der Waals surface area contributed by atoms with Gasteiger partial charge in [0.1, 0.15) is 5.01 Å². The quantitative estimate of drug-likeness (QED) is 0.672. The average molecular weight is 414 g/mol. The number of carbonyl (C=O) groups excluding carboxylic acids is 1. The Labute approximate surface area is 172 Å². The van der Waals surface area contributed by atoms with E-state index in [1.165, 1.54) is 16.9 Å². The maximum Gasteiger partial charge on any atom is 0.232 e. The molecule has 4 rings (SSSR count). The van der Waals surface area contributed by atoms with E-state index in [-0.39, 0.29) is 12.3 Å². The standard InChI is InChI=1S/C20H23N5OS2/c1-24-6-8-25(9-7-24)13-15-3-2-4-16(11-15)19-22-17(14-28-19)12-18(26)23-20-21-5-10-27-20/h2-5,10-11,14H,6-9,12-13H2,1H3,(H,21,23,26). The smallest absolute Gasteiger partial charge is 0.232 e. The molecular formula is C20H23N5OS2. The lowest BCUT2D eigenvalue weighted by Crippen LogP contribution is -2.43. The van der Waals surface area contributed by atoms with Crippen molar-refractivity contribution >= 4 is 33.7 Å². The van der Waals surface area contributed by atoms with Crippen LogP contribution in [0.25, 0.3) is 10.6 Å². The van der Waals surface area contributed by atoms with Gasteiger partial charge in [0.05, 0.1) is 12.1 Å². The number of piperazine rings is 1. The van der Waals surface area contributed by atoms with Crippen LogP contribution in [0.5, 0.6) is 0 Å². The third-order valence-electron chi connectivity index (χ3n) is 4.75. The molecule has 1 amide bonds. The molecule has 6 nitrogen and oxygen atoms in total. The Morgan fingerprint density at radius 2 is 2.07 bits per heavy atom. The predicted octanol–water partition coefficient (Wildman–Crippen LogP) is 3.20. The zero-order valence-electron chi connectivity index (χ0n) is 15.8. The first-order valence-electron chi connectivity index (χ1n) is 9.30. The summed E-state index contributed by atoms with van der Waals surface area (Å²) in [4.78, 5) is 25.7. The van der Waals surface area contributed by atoms with Crippen molar-refractivity contribution in [1.29, 1.82) is 0 Å². The number of benzene rings is 1. The van der Waals surface area contributed by atoms with Gasteiger partial charge in [-0.25, -0.2) is 9.97 Å². The second kappa shape index (κ2) is 8.91. The number of thiazole rings is 2. The molecule has 1 saturated heterocycles. The minimum absolute atomic E-state index is 0.0874. The summed E-state index contributed by atoms with van der Waals surface area (Å²) in [5.74, 6) is -0.0874. The first-order valence-corrected chi connectivity index (χ1v) is 11.1. The molecule has 1 N–H and O–H groups in total. The summed E-state index contributed by atoms with van der Waals surface area (Å²) in [5.41, 5.74) is 3.21. The summed E-state index contributed by atoms with van der Waals surface area (Å²) in [6.07, 6.45) is 1.94. The highest BCUT2D eigenvalue weighted by Crippen LogP contribution is 2.25. The second-order valence-electron chi connectivity index (χ2n) is 6.99. The fourth-order valence-electron chi connectivity index (χ4n) is 3.20. The van der Waals surface area contributed by atoms with E-state index in [1.54, 1.807) is 17.5 Å². The first kappa shape index (κ1) is 19.2. The first-order chi connectivity index (χ1) is 13.7. The lowest BCUT2D eigenvalue weighted by molar-refractivity contribution is -0.115. The number of anilines is 1. The van der Waals surface area contributed by atoms with Crippen molar-refractivity contribution in [3.05, 3.63) is 52.5 Å². The van der Waals surface area contributed by atoms with Gasteiger partial charge in [0, 0.05) is 55.2 Å². The maximum atomic E-state index is 12.1. The van der Waals surface area contributed by atoms with Crippen LogP contribution in [0.2, 0.25) is 0 Å². The fraction of sp³-hybridized carbons (Fsp3) is 0.350. The zero-order valence-corrected chi connectivity index (χ0v) is 17.4. The zero-order chi connectivity index (χ0) is 19.3. The molecule has 0 aliphatic carbocycles. The molecule has 1 aliphatic rings. The highest BCUT2D eigenvalue weighted by Gasteiger charge is 2.15. The Bertz CT molecular complexity index is 916. The van der Waals surface area contributed by atoms with Gasteiger partial charge in [0.2, 0.25) is 5.91 Å². The molecule has 0 spiro atoms. The monoisotopic (exact) mass is 413 g/mol. The number of nitrogens with zero attached hydrogens (tertiary/aromatic N) is 4. The number of likely N-dealkylation sites (N-methyl/N-ethyl adjacent to an activating group) is 1. The van der Waals surface area contributed by atoms with E-state index in [4.69, 9.17) is 0 Å². The van der Waals surface area contributed by atoms with Gasteiger partial charge in [-0.15, -0.1) is 22.7 Å². The summed E-state index contributed by atoms with van der Waals surface area (Å²) in [7, 11) is 2.18. The Morgan fingerprint density at radius 3 is 2.86 bits per heavy atom. The van der Waals surface area contributed by atoms with Crippen LogP contribution in [-0.4, -0.2) is 58.9 Å². The van der Waals surface area contributed by atoms with Crippen LogP contribution in [-0.2, 0) is 17.8 Å². The minimum atomic E-state index is -0.0874. The molecule has 0 unspecified atom stereocenters. The van der Waals surface area contributed by atoms with Crippen LogP contribution in [0, 0.1) is 0 Å². The number of nitrogens with one attached hydrogen (secondary N) is 1. The molecule has 0 saturated carbocycles. The average Bonchev–Trinajstić information content (AvgIpc) is 3.36. The molecule has 3 aromatic rings. The maximum absolute atomic E-state index is 12.1. The predicted molar refractivity (Wildman–Crippen MR) is 115 cm³/mol. The van der Waals surface area contributed by atoms with Gasteiger partial charge in [-0.05, 0) is 18.7 Å². The number of hydrogen-bond donors (Lipinski definition) is 1. The summed E-state index contributed by atoms with van der Waals surface area (Å²) >= 11 is 3.00. The summed E-state index contributed by atoms with van der Waals surface area (Å²) < 4.78 is 0. The van der Waals surface area contributed by atoms with Crippen LogP contribution in [0.1, 0.15) is 11.3 Å². The van der Waals surface area contributed by atoms with E-state index in [1.807, 2.05) is 10.8 Å². The fourth-order valence-corrected chi connectivity index (χ4v) is 4.56. The van der Waals surface area contributed by atoms with Crippen molar-refractivity contribution in [2.75, 3.05) is 38.5 Å². The second-order valence-corrected chi connectivity index (χ2v) is 8.74.